The number of carbonyl (C=O) groups is 1. The largest absolute Gasteiger partial charge is 0.443 e. The molecule has 0 saturated heterocycles. The van der Waals surface area contributed by atoms with Crippen molar-refractivity contribution in [2.45, 2.75) is 6.92 Å². The van der Waals surface area contributed by atoms with Gasteiger partial charge in [-0.05, 0) is 48.9 Å². The Morgan fingerprint density at radius 1 is 1.00 bits per heavy atom. The zero-order valence-corrected chi connectivity index (χ0v) is 20.7. The molecular formula is C27H19ClN8O2. The Morgan fingerprint density at radius 3 is 2.82 bits per heavy atom. The molecule has 0 unspecified atom stereocenters. The molecule has 0 radical (unpaired) electrons. The van der Waals surface area contributed by atoms with Gasteiger partial charge in [0.05, 0.1) is 6.33 Å². The van der Waals surface area contributed by atoms with E-state index in [0.29, 0.717) is 44.7 Å². The van der Waals surface area contributed by atoms with Crippen LogP contribution in [-0.4, -0.2) is 35.8 Å². The van der Waals surface area contributed by atoms with Crippen molar-refractivity contribution in [2.75, 3.05) is 10.6 Å². The fraction of sp³-hybridized carbons (Fsp3) is 0.0370. The molecule has 0 bridgehead atoms. The number of amides is 1. The molecule has 0 aliphatic heterocycles. The average molecular weight is 523 g/mol. The molecule has 38 heavy (non-hydrogen) atoms. The Balaban J connectivity index is 1.29. The van der Waals surface area contributed by atoms with Crippen LogP contribution in [0.4, 0.5) is 17.2 Å². The summed E-state index contributed by atoms with van der Waals surface area (Å²) in [5.41, 5.74) is 5.81. The lowest BCUT2D eigenvalue weighted by atomic mass is 10.1. The van der Waals surface area contributed by atoms with Gasteiger partial charge >= 0.3 is 0 Å². The fourth-order valence-corrected chi connectivity index (χ4v) is 4.25. The van der Waals surface area contributed by atoms with Gasteiger partial charge in [-0.25, -0.2) is 24.9 Å². The Labute approximate surface area is 221 Å². The number of pyridine rings is 1. The third-order valence-corrected chi connectivity index (χ3v) is 6.14. The molecule has 1 amide bonds. The smallest absolute Gasteiger partial charge is 0.278 e. The highest BCUT2D eigenvalue weighted by Crippen LogP contribution is 2.32. The molecule has 2 aromatic carbocycles. The SMILES string of the molecule is Cc1ccc(NC(=O)c2ncoc2-c2cccc(Cl)c2)cc1Nc1ncccc1-c1ncnc2nc[nH]c12. The molecule has 4 aromatic heterocycles. The molecule has 11 heteroatoms. The summed E-state index contributed by atoms with van der Waals surface area (Å²) >= 11 is 6.11. The molecule has 0 atom stereocenters. The lowest BCUT2D eigenvalue weighted by Gasteiger charge is -2.14. The van der Waals surface area contributed by atoms with Crippen LogP contribution in [0.15, 0.2) is 84.3 Å². The molecule has 0 saturated carbocycles. The van der Waals surface area contributed by atoms with Gasteiger partial charge in [0.25, 0.3) is 5.91 Å². The molecule has 3 N–H and O–H groups in total. The summed E-state index contributed by atoms with van der Waals surface area (Å²) in [6.07, 6.45) is 5.98. The highest BCUT2D eigenvalue weighted by atomic mass is 35.5. The highest BCUT2D eigenvalue weighted by Gasteiger charge is 2.19. The maximum absolute atomic E-state index is 13.1. The maximum Gasteiger partial charge on any atom is 0.278 e. The minimum Gasteiger partial charge on any atom is -0.443 e. The van der Waals surface area contributed by atoms with Crippen molar-refractivity contribution in [3.8, 4) is 22.6 Å². The van der Waals surface area contributed by atoms with Crippen LogP contribution >= 0.6 is 11.6 Å². The predicted molar refractivity (Wildman–Crippen MR) is 144 cm³/mol. The second kappa shape index (κ2) is 9.75. The number of anilines is 3. The number of aromatic nitrogens is 6. The lowest BCUT2D eigenvalue weighted by Crippen LogP contribution is -2.13. The van der Waals surface area contributed by atoms with Crippen molar-refractivity contribution in [1.82, 2.24) is 29.9 Å². The molecule has 4 heterocycles. The Kier molecular flexibility index (Phi) is 5.98. The van der Waals surface area contributed by atoms with Gasteiger partial charge < -0.3 is 20.0 Å². The number of aromatic amines is 1. The van der Waals surface area contributed by atoms with Crippen LogP contribution in [0.1, 0.15) is 16.1 Å². The topological polar surface area (TPSA) is 135 Å². The number of hydrogen-bond donors (Lipinski definition) is 3. The van der Waals surface area contributed by atoms with Crippen LogP contribution in [0.25, 0.3) is 33.7 Å². The second-order valence-corrected chi connectivity index (χ2v) is 8.81. The summed E-state index contributed by atoms with van der Waals surface area (Å²) in [7, 11) is 0. The van der Waals surface area contributed by atoms with Crippen LogP contribution in [0, 0.1) is 6.92 Å². The van der Waals surface area contributed by atoms with E-state index in [1.165, 1.54) is 12.7 Å². The van der Waals surface area contributed by atoms with E-state index < -0.39 is 5.91 Å². The summed E-state index contributed by atoms with van der Waals surface area (Å²) in [6, 6.07) is 16.3. The number of nitrogens with zero attached hydrogens (tertiary/aromatic N) is 5. The molecule has 186 valence electrons. The number of oxazole rings is 1. The number of nitrogens with one attached hydrogen (secondary N) is 3. The van der Waals surface area contributed by atoms with Crippen molar-refractivity contribution < 1.29 is 9.21 Å². The standard InChI is InChI=1S/C27H19ClN8O2/c1-15-7-8-18(35-27(37)23-24(38-14-34-23)16-4-2-5-17(28)10-16)11-20(15)36-25-19(6-3-9-29-25)21-22-26(32-12-30-21)33-13-31-22/h2-14H,1H3,(H,29,36)(H,35,37)(H,30,31,32,33). The summed E-state index contributed by atoms with van der Waals surface area (Å²) < 4.78 is 5.50. The molecule has 0 spiro atoms. The van der Waals surface area contributed by atoms with Crippen LogP contribution < -0.4 is 10.6 Å². The third kappa shape index (κ3) is 4.44. The average Bonchev–Trinajstić information content (AvgIpc) is 3.61. The van der Waals surface area contributed by atoms with Crippen LogP contribution in [0.3, 0.4) is 0 Å². The first-order valence-corrected chi connectivity index (χ1v) is 11.9. The number of fused-ring (bicyclic) bond motifs is 1. The van der Waals surface area contributed by atoms with Crippen molar-refractivity contribution >= 4 is 45.9 Å². The number of aryl methyl sites for hydroxylation is 1. The molecule has 10 nitrogen and oxygen atoms in total. The minimum absolute atomic E-state index is 0.154. The van der Waals surface area contributed by atoms with Crippen LogP contribution in [0.5, 0.6) is 0 Å². The normalized spacial score (nSPS) is 11.0. The summed E-state index contributed by atoms with van der Waals surface area (Å²) in [5, 5.41) is 6.81. The van der Waals surface area contributed by atoms with Gasteiger partial charge in [-0.3, -0.25) is 4.79 Å². The van der Waals surface area contributed by atoms with Gasteiger partial charge in [-0.1, -0.05) is 29.8 Å². The van der Waals surface area contributed by atoms with Crippen molar-refractivity contribution in [3.05, 3.63) is 96.1 Å². The third-order valence-electron chi connectivity index (χ3n) is 5.90. The molecule has 0 aliphatic carbocycles. The number of H-pyrrole nitrogens is 1. The number of hydrogen-bond acceptors (Lipinski definition) is 8. The fourth-order valence-electron chi connectivity index (χ4n) is 4.06. The number of carbonyl (C=O) groups excluding carboxylic acids is 1. The van der Waals surface area contributed by atoms with E-state index in [1.807, 2.05) is 37.3 Å². The zero-order chi connectivity index (χ0) is 26.1. The Morgan fingerprint density at radius 2 is 1.92 bits per heavy atom. The molecule has 0 aliphatic rings. The second-order valence-electron chi connectivity index (χ2n) is 8.37. The Hall–Kier alpha value is -5.09. The van der Waals surface area contributed by atoms with Crippen molar-refractivity contribution in [1.29, 1.82) is 0 Å². The lowest BCUT2D eigenvalue weighted by molar-refractivity contribution is 0.102. The van der Waals surface area contributed by atoms with Gasteiger partial charge in [0.15, 0.2) is 23.5 Å². The van der Waals surface area contributed by atoms with E-state index in [-0.39, 0.29) is 5.69 Å². The zero-order valence-electron chi connectivity index (χ0n) is 19.9. The summed E-state index contributed by atoms with van der Waals surface area (Å²) in [4.78, 5) is 37.7. The maximum atomic E-state index is 13.1. The van der Waals surface area contributed by atoms with Gasteiger partial charge in [0.1, 0.15) is 23.4 Å². The number of halogens is 1. The van der Waals surface area contributed by atoms with Gasteiger partial charge in [-0.15, -0.1) is 0 Å². The first-order valence-electron chi connectivity index (χ1n) is 11.5. The summed E-state index contributed by atoms with van der Waals surface area (Å²) in [6.45, 7) is 1.96. The summed E-state index contributed by atoms with van der Waals surface area (Å²) in [5.74, 6) is 0.515. The van der Waals surface area contributed by atoms with Crippen molar-refractivity contribution in [2.24, 2.45) is 0 Å². The van der Waals surface area contributed by atoms with E-state index in [9.17, 15) is 4.79 Å². The number of imidazole rings is 1. The quantitative estimate of drug-likeness (QED) is 0.241. The van der Waals surface area contributed by atoms with Crippen molar-refractivity contribution in [3.63, 3.8) is 0 Å². The van der Waals surface area contributed by atoms with Gasteiger partial charge in [0, 0.05) is 33.7 Å². The molecule has 6 aromatic rings. The monoisotopic (exact) mass is 522 g/mol. The minimum atomic E-state index is -0.412. The van der Waals surface area contributed by atoms with E-state index in [1.54, 1.807) is 36.8 Å². The van der Waals surface area contributed by atoms with E-state index in [2.05, 4.69) is 40.5 Å². The van der Waals surface area contributed by atoms with Crippen LogP contribution in [-0.2, 0) is 0 Å². The molecule has 0 fully saturated rings. The molecular weight excluding hydrogens is 504 g/mol. The van der Waals surface area contributed by atoms with E-state index in [4.69, 9.17) is 16.0 Å². The first-order chi connectivity index (χ1) is 18.6. The number of benzene rings is 2. The number of rotatable bonds is 6. The van der Waals surface area contributed by atoms with E-state index >= 15 is 0 Å². The van der Waals surface area contributed by atoms with E-state index in [0.717, 1.165) is 16.8 Å². The first kappa shape index (κ1) is 23.3. The van der Waals surface area contributed by atoms with Crippen LogP contribution in [0.2, 0.25) is 5.02 Å². The molecule has 6 rings (SSSR count). The van der Waals surface area contributed by atoms with Gasteiger partial charge in [-0.2, -0.15) is 0 Å². The predicted octanol–water partition coefficient (Wildman–Crippen LogP) is 6.03. The van der Waals surface area contributed by atoms with Gasteiger partial charge in [0.2, 0.25) is 0 Å². The highest BCUT2D eigenvalue weighted by molar-refractivity contribution is 6.30. The Bertz CT molecular complexity index is 1800.